The van der Waals surface area contributed by atoms with Gasteiger partial charge in [0.1, 0.15) is 17.6 Å². The number of halogens is 1. The van der Waals surface area contributed by atoms with Gasteiger partial charge in [0.2, 0.25) is 33.7 Å². The number of hydrogen-bond acceptors (Lipinski definition) is 9. The van der Waals surface area contributed by atoms with Crippen LogP contribution in [-0.4, -0.2) is 96.6 Å². The molecule has 3 saturated heterocycles. The van der Waals surface area contributed by atoms with Crippen LogP contribution >= 0.6 is 0 Å². The predicted octanol–water partition coefficient (Wildman–Crippen LogP) is 1.37. The van der Waals surface area contributed by atoms with Crippen LogP contribution in [0.1, 0.15) is 60.0 Å². The Labute approximate surface area is 282 Å². The van der Waals surface area contributed by atoms with Crippen LogP contribution in [0, 0.1) is 11.7 Å². The number of nitrogens with zero attached hydrogens (tertiary/aromatic N) is 3. The molecular weight excluding hydrogens is 659 g/mol. The number of rotatable bonds is 9. The van der Waals surface area contributed by atoms with E-state index in [-0.39, 0.29) is 86.8 Å². The van der Waals surface area contributed by atoms with Crippen molar-refractivity contribution in [3.8, 4) is 0 Å². The van der Waals surface area contributed by atoms with E-state index in [1.165, 1.54) is 21.3 Å². The van der Waals surface area contributed by atoms with Crippen molar-refractivity contribution in [2.24, 2.45) is 5.92 Å². The molecule has 1 unspecified atom stereocenters. The monoisotopic (exact) mass is 696 g/mol. The number of imide groups is 1. The van der Waals surface area contributed by atoms with E-state index in [9.17, 15) is 41.6 Å². The molecule has 14 nitrogen and oxygen atoms in total. The SMILES string of the molecule is O=C1CCN(S(=O)(=O)Cc2ccc(F)c(NC(=O)C3CCN(C(=O)CNc4cccc5c4CN(C4CCC(=O)NC4=O)C5=O)CC3)c2)CC1. The van der Waals surface area contributed by atoms with Gasteiger partial charge in [-0.25, -0.2) is 17.1 Å². The van der Waals surface area contributed by atoms with Gasteiger partial charge in [-0.1, -0.05) is 12.1 Å². The zero-order valence-electron chi connectivity index (χ0n) is 26.7. The molecule has 2 aromatic carbocycles. The molecule has 260 valence electrons. The fourth-order valence-corrected chi connectivity index (χ4v) is 8.26. The highest BCUT2D eigenvalue weighted by atomic mass is 32.2. The summed E-state index contributed by atoms with van der Waals surface area (Å²) in [6.07, 6.45) is 1.41. The molecule has 0 bridgehead atoms. The molecule has 0 saturated carbocycles. The third-order valence-electron chi connectivity index (χ3n) is 9.54. The van der Waals surface area contributed by atoms with Crippen molar-refractivity contribution in [2.75, 3.05) is 43.4 Å². The molecule has 4 aliphatic rings. The molecule has 3 N–H and O–H groups in total. The number of amides is 5. The zero-order chi connectivity index (χ0) is 34.9. The standard InChI is InChI=1S/C33H37FN6O8S/c34-25-5-4-20(19-49(47,48)39-14-10-22(41)11-15-39)16-27(25)36-31(44)21-8-12-38(13-9-21)30(43)17-35-26-3-1-2-23-24(26)18-40(33(23)46)28-6-7-29(42)37-32(28)45/h1-5,16,21,28,35H,6-15,17-19H2,(H,36,44)(H,37,42,45). The van der Waals surface area contributed by atoms with E-state index in [0.29, 0.717) is 48.3 Å². The van der Waals surface area contributed by atoms with Gasteiger partial charge < -0.3 is 20.4 Å². The lowest BCUT2D eigenvalue weighted by molar-refractivity contribution is -0.137. The number of likely N-dealkylation sites (tertiary alicyclic amines) is 1. The molecule has 3 fully saturated rings. The molecule has 5 amide bonds. The molecule has 2 aromatic rings. The minimum Gasteiger partial charge on any atom is -0.376 e. The van der Waals surface area contributed by atoms with Gasteiger partial charge in [-0.15, -0.1) is 0 Å². The first-order valence-corrected chi connectivity index (χ1v) is 17.9. The summed E-state index contributed by atoms with van der Waals surface area (Å²) >= 11 is 0. The highest BCUT2D eigenvalue weighted by Gasteiger charge is 2.40. The second-order valence-corrected chi connectivity index (χ2v) is 14.7. The van der Waals surface area contributed by atoms with Crippen molar-refractivity contribution in [1.82, 2.24) is 19.4 Å². The van der Waals surface area contributed by atoms with Gasteiger partial charge in [0.05, 0.1) is 18.0 Å². The molecule has 16 heteroatoms. The Morgan fingerprint density at radius 3 is 2.37 bits per heavy atom. The number of sulfonamides is 1. The van der Waals surface area contributed by atoms with Gasteiger partial charge in [-0.05, 0) is 49.1 Å². The number of Topliss-reactive ketones (excluding diaryl/α,β-unsaturated/α-hetero) is 1. The van der Waals surface area contributed by atoms with Crippen LogP contribution in [0.2, 0.25) is 0 Å². The number of hydrogen-bond donors (Lipinski definition) is 3. The summed E-state index contributed by atoms with van der Waals surface area (Å²) in [6, 6.07) is 8.13. The van der Waals surface area contributed by atoms with Crippen LogP contribution in [0.25, 0.3) is 0 Å². The van der Waals surface area contributed by atoms with Crippen LogP contribution in [0.5, 0.6) is 0 Å². The molecule has 0 spiro atoms. The summed E-state index contributed by atoms with van der Waals surface area (Å²) < 4.78 is 41.6. The highest BCUT2D eigenvalue weighted by molar-refractivity contribution is 7.88. The number of piperidine rings is 3. The number of fused-ring (bicyclic) bond motifs is 1. The van der Waals surface area contributed by atoms with Crippen LogP contribution in [0.4, 0.5) is 15.8 Å². The Morgan fingerprint density at radius 1 is 0.918 bits per heavy atom. The van der Waals surface area contributed by atoms with E-state index >= 15 is 0 Å². The summed E-state index contributed by atoms with van der Waals surface area (Å²) in [6.45, 7) is 0.929. The van der Waals surface area contributed by atoms with Crippen molar-refractivity contribution in [3.05, 3.63) is 58.9 Å². The van der Waals surface area contributed by atoms with Gasteiger partial charge >= 0.3 is 0 Å². The quantitative estimate of drug-likeness (QED) is 0.326. The van der Waals surface area contributed by atoms with Gasteiger partial charge in [0.25, 0.3) is 5.91 Å². The third kappa shape index (κ3) is 7.49. The molecule has 4 heterocycles. The summed E-state index contributed by atoms with van der Waals surface area (Å²) in [5.74, 6) is -3.38. The van der Waals surface area contributed by atoms with Crippen molar-refractivity contribution in [2.45, 2.75) is 56.9 Å². The molecule has 0 aliphatic carbocycles. The first-order valence-electron chi connectivity index (χ1n) is 16.3. The van der Waals surface area contributed by atoms with E-state index in [4.69, 9.17) is 0 Å². The molecular formula is C33H37FN6O8S. The average Bonchev–Trinajstić information content (AvgIpc) is 3.41. The Morgan fingerprint density at radius 2 is 1.65 bits per heavy atom. The van der Waals surface area contributed by atoms with Gasteiger partial charge in [-0.3, -0.25) is 34.1 Å². The van der Waals surface area contributed by atoms with E-state index in [0.717, 1.165) is 6.07 Å². The summed E-state index contributed by atoms with van der Waals surface area (Å²) in [4.78, 5) is 77.8. The fourth-order valence-electron chi connectivity index (χ4n) is 6.73. The van der Waals surface area contributed by atoms with Crippen LogP contribution in [0.3, 0.4) is 0 Å². The maximum absolute atomic E-state index is 14.6. The van der Waals surface area contributed by atoms with E-state index in [1.807, 2.05) is 0 Å². The average molecular weight is 697 g/mol. The Bertz CT molecular complexity index is 1820. The lowest BCUT2D eigenvalue weighted by Gasteiger charge is -2.31. The summed E-state index contributed by atoms with van der Waals surface area (Å²) in [7, 11) is -3.73. The lowest BCUT2D eigenvalue weighted by Crippen LogP contribution is -2.52. The molecule has 1 atom stereocenters. The maximum Gasteiger partial charge on any atom is 0.255 e. The largest absolute Gasteiger partial charge is 0.376 e. The van der Waals surface area contributed by atoms with Gasteiger partial charge in [0, 0.05) is 74.7 Å². The first kappa shape index (κ1) is 34.2. The fraction of sp³-hybridized carbons (Fsp3) is 0.455. The van der Waals surface area contributed by atoms with Gasteiger partial charge in [-0.2, -0.15) is 0 Å². The molecule has 49 heavy (non-hydrogen) atoms. The Kier molecular flexibility index (Phi) is 9.79. The van der Waals surface area contributed by atoms with E-state index < -0.39 is 39.6 Å². The Balaban J connectivity index is 0.997. The van der Waals surface area contributed by atoms with Crippen LogP contribution < -0.4 is 16.0 Å². The maximum atomic E-state index is 14.6. The molecule has 0 radical (unpaired) electrons. The number of nitrogens with one attached hydrogen (secondary N) is 3. The summed E-state index contributed by atoms with van der Waals surface area (Å²) in [5, 5.41) is 7.98. The van der Waals surface area contributed by atoms with E-state index in [2.05, 4.69) is 16.0 Å². The summed E-state index contributed by atoms with van der Waals surface area (Å²) in [5.41, 5.74) is 1.86. The minimum absolute atomic E-state index is 0.0143. The topological polar surface area (TPSA) is 182 Å². The molecule has 0 aromatic heterocycles. The number of carbonyl (C=O) groups is 6. The number of anilines is 2. The Hall–Kier alpha value is -4.70. The van der Waals surface area contributed by atoms with Crippen molar-refractivity contribution < 1.29 is 41.6 Å². The van der Waals surface area contributed by atoms with Crippen LogP contribution in [0.15, 0.2) is 36.4 Å². The number of carbonyl (C=O) groups excluding carboxylic acids is 6. The zero-order valence-corrected chi connectivity index (χ0v) is 27.5. The third-order valence-corrected chi connectivity index (χ3v) is 11.4. The minimum atomic E-state index is -3.73. The highest BCUT2D eigenvalue weighted by Crippen LogP contribution is 2.32. The molecule has 6 rings (SSSR count). The predicted molar refractivity (Wildman–Crippen MR) is 174 cm³/mol. The number of ketones is 1. The molecule has 4 aliphatic heterocycles. The normalized spacial score (nSPS) is 20.6. The lowest BCUT2D eigenvalue weighted by atomic mass is 9.95. The second kappa shape index (κ2) is 14.0. The van der Waals surface area contributed by atoms with Gasteiger partial charge in [0.15, 0.2) is 0 Å². The van der Waals surface area contributed by atoms with Crippen molar-refractivity contribution >= 4 is 56.7 Å². The number of benzene rings is 2. The van der Waals surface area contributed by atoms with Crippen LogP contribution in [-0.2, 0) is 46.3 Å². The van der Waals surface area contributed by atoms with Crippen molar-refractivity contribution in [3.63, 3.8) is 0 Å². The smallest absolute Gasteiger partial charge is 0.255 e. The van der Waals surface area contributed by atoms with Crippen molar-refractivity contribution in [1.29, 1.82) is 0 Å². The van der Waals surface area contributed by atoms with E-state index in [1.54, 1.807) is 23.1 Å². The second-order valence-electron chi connectivity index (χ2n) is 12.7. The first-order chi connectivity index (χ1) is 23.4.